The molecule has 0 aliphatic heterocycles. The molecule has 7 heteroatoms. The summed E-state index contributed by atoms with van der Waals surface area (Å²) in [5.41, 5.74) is 4.18. The highest BCUT2D eigenvalue weighted by atomic mass is 32.2. The Balaban J connectivity index is 1.60. The fourth-order valence-corrected chi connectivity index (χ4v) is 3.04. The minimum atomic E-state index is -0.0760. The molecule has 0 aliphatic carbocycles. The molecule has 0 spiro atoms. The van der Waals surface area contributed by atoms with Crippen LogP contribution in [0.25, 0.3) is 0 Å². The number of anilines is 1. The van der Waals surface area contributed by atoms with Crippen molar-refractivity contribution < 1.29 is 4.79 Å². The van der Waals surface area contributed by atoms with Crippen molar-refractivity contribution in [1.29, 1.82) is 0 Å². The van der Waals surface area contributed by atoms with Crippen LogP contribution in [0.1, 0.15) is 16.7 Å². The first kappa shape index (κ1) is 17.2. The Morgan fingerprint density at radius 1 is 1.12 bits per heavy atom. The number of rotatable bonds is 6. The molecule has 0 unspecified atom stereocenters. The fraction of sp³-hybridized carbons (Fsp3) is 0.222. The zero-order valence-electron chi connectivity index (χ0n) is 14.1. The summed E-state index contributed by atoms with van der Waals surface area (Å²) in [6.45, 7) is 4.60. The van der Waals surface area contributed by atoms with Crippen molar-refractivity contribution in [3.8, 4) is 0 Å². The summed E-state index contributed by atoms with van der Waals surface area (Å²) in [5, 5.41) is 15.3. The van der Waals surface area contributed by atoms with E-state index in [9.17, 15) is 4.79 Å². The molecule has 0 saturated carbocycles. The molecule has 0 atom stereocenters. The van der Waals surface area contributed by atoms with Crippen LogP contribution in [0.2, 0.25) is 0 Å². The third kappa shape index (κ3) is 4.45. The largest absolute Gasteiger partial charge is 0.325 e. The van der Waals surface area contributed by atoms with Crippen LogP contribution in [0, 0.1) is 13.8 Å². The number of carbonyl (C=O) groups is 1. The second-order valence-corrected chi connectivity index (χ2v) is 6.63. The Morgan fingerprint density at radius 3 is 2.72 bits per heavy atom. The summed E-state index contributed by atoms with van der Waals surface area (Å²) in [5.74, 6) is 0.177. The Morgan fingerprint density at radius 2 is 1.92 bits per heavy atom. The van der Waals surface area contributed by atoms with E-state index in [0.717, 1.165) is 22.4 Å². The molecule has 1 heterocycles. The lowest BCUT2D eigenvalue weighted by Crippen LogP contribution is -2.15. The van der Waals surface area contributed by atoms with Crippen LogP contribution in [-0.2, 0) is 11.3 Å². The van der Waals surface area contributed by atoms with Crippen LogP contribution in [0.5, 0.6) is 0 Å². The van der Waals surface area contributed by atoms with Crippen molar-refractivity contribution in [2.75, 3.05) is 11.1 Å². The minimum absolute atomic E-state index is 0.0760. The minimum Gasteiger partial charge on any atom is -0.325 e. The Labute approximate surface area is 150 Å². The van der Waals surface area contributed by atoms with Gasteiger partial charge in [-0.25, -0.2) is 4.68 Å². The molecule has 3 aromatic rings. The van der Waals surface area contributed by atoms with E-state index < -0.39 is 0 Å². The number of aromatic nitrogens is 4. The number of carbonyl (C=O) groups excluding carboxylic acids is 1. The zero-order chi connectivity index (χ0) is 17.6. The first-order chi connectivity index (χ1) is 12.1. The number of thioether (sulfide) groups is 1. The maximum atomic E-state index is 12.2. The fourth-order valence-electron chi connectivity index (χ4n) is 2.36. The van der Waals surface area contributed by atoms with Gasteiger partial charge in [-0.1, -0.05) is 54.2 Å². The number of benzene rings is 2. The number of tetrazole rings is 1. The molecule has 0 fully saturated rings. The summed E-state index contributed by atoms with van der Waals surface area (Å²) in [4.78, 5) is 12.2. The average molecular weight is 353 g/mol. The second-order valence-electron chi connectivity index (χ2n) is 5.69. The van der Waals surface area contributed by atoms with E-state index in [1.165, 1.54) is 11.8 Å². The van der Waals surface area contributed by atoms with Gasteiger partial charge in [0.25, 0.3) is 0 Å². The molecule has 1 aromatic heterocycles. The molecule has 0 bridgehead atoms. The van der Waals surface area contributed by atoms with E-state index in [1.54, 1.807) is 4.68 Å². The summed E-state index contributed by atoms with van der Waals surface area (Å²) in [6, 6.07) is 15.8. The van der Waals surface area contributed by atoms with Crippen molar-refractivity contribution in [2.45, 2.75) is 25.5 Å². The van der Waals surface area contributed by atoms with Gasteiger partial charge in [0, 0.05) is 5.69 Å². The van der Waals surface area contributed by atoms with Gasteiger partial charge < -0.3 is 5.32 Å². The van der Waals surface area contributed by atoms with Crippen molar-refractivity contribution in [3.05, 3.63) is 65.2 Å². The normalized spacial score (nSPS) is 10.6. The van der Waals surface area contributed by atoms with E-state index in [1.807, 2.05) is 62.4 Å². The van der Waals surface area contributed by atoms with Crippen molar-refractivity contribution in [3.63, 3.8) is 0 Å². The van der Waals surface area contributed by atoms with Gasteiger partial charge in [-0.2, -0.15) is 0 Å². The van der Waals surface area contributed by atoms with E-state index in [0.29, 0.717) is 11.7 Å². The average Bonchev–Trinajstić information content (AvgIpc) is 3.05. The topological polar surface area (TPSA) is 72.7 Å². The van der Waals surface area contributed by atoms with E-state index >= 15 is 0 Å². The molecule has 128 valence electrons. The van der Waals surface area contributed by atoms with Crippen LogP contribution in [0.15, 0.2) is 53.7 Å². The molecule has 0 radical (unpaired) electrons. The Kier molecular flexibility index (Phi) is 5.45. The number of amides is 1. The molecule has 1 N–H and O–H groups in total. The van der Waals surface area contributed by atoms with Crippen molar-refractivity contribution in [1.82, 2.24) is 20.2 Å². The number of hydrogen-bond donors (Lipinski definition) is 1. The number of nitrogens with zero attached hydrogens (tertiary/aromatic N) is 4. The molecular formula is C18H19N5OS. The second kappa shape index (κ2) is 7.94. The summed E-state index contributed by atoms with van der Waals surface area (Å²) in [7, 11) is 0. The quantitative estimate of drug-likeness (QED) is 0.690. The van der Waals surface area contributed by atoms with Crippen molar-refractivity contribution in [2.24, 2.45) is 0 Å². The zero-order valence-corrected chi connectivity index (χ0v) is 15.0. The number of nitrogens with one attached hydrogen (secondary N) is 1. The molecule has 0 saturated heterocycles. The Hall–Kier alpha value is -2.67. The van der Waals surface area contributed by atoms with Crippen LogP contribution in [0.4, 0.5) is 5.69 Å². The van der Waals surface area contributed by atoms with Crippen LogP contribution < -0.4 is 5.32 Å². The smallest absolute Gasteiger partial charge is 0.234 e. The van der Waals surface area contributed by atoms with Gasteiger partial charge >= 0.3 is 0 Å². The van der Waals surface area contributed by atoms with Gasteiger partial charge in [0.1, 0.15) is 0 Å². The standard InChI is InChI=1S/C18H19N5OS/c1-13-7-6-10-16(14(13)2)19-17(24)12-25-18-20-21-22-23(18)11-15-8-4-3-5-9-15/h3-10H,11-12H2,1-2H3,(H,19,24). The maximum Gasteiger partial charge on any atom is 0.234 e. The maximum absolute atomic E-state index is 12.2. The van der Waals surface area contributed by atoms with E-state index in [-0.39, 0.29) is 11.7 Å². The lowest BCUT2D eigenvalue weighted by molar-refractivity contribution is -0.113. The lowest BCUT2D eigenvalue weighted by atomic mass is 10.1. The predicted molar refractivity (Wildman–Crippen MR) is 98.6 cm³/mol. The number of aryl methyl sites for hydroxylation is 1. The van der Waals surface area contributed by atoms with Gasteiger partial charge in [0.05, 0.1) is 12.3 Å². The first-order valence-electron chi connectivity index (χ1n) is 7.92. The van der Waals surface area contributed by atoms with Crippen LogP contribution in [-0.4, -0.2) is 31.9 Å². The molecular weight excluding hydrogens is 334 g/mol. The van der Waals surface area contributed by atoms with E-state index in [4.69, 9.17) is 0 Å². The molecule has 2 aromatic carbocycles. The molecule has 1 amide bonds. The van der Waals surface area contributed by atoms with Gasteiger partial charge in [-0.3, -0.25) is 4.79 Å². The molecule has 0 aliphatic rings. The lowest BCUT2D eigenvalue weighted by Gasteiger charge is -2.10. The predicted octanol–water partition coefficient (Wildman–Crippen LogP) is 3.07. The van der Waals surface area contributed by atoms with Gasteiger partial charge in [-0.15, -0.1) is 5.10 Å². The van der Waals surface area contributed by atoms with Crippen LogP contribution in [0.3, 0.4) is 0 Å². The van der Waals surface area contributed by atoms with Gasteiger partial charge in [0.2, 0.25) is 11.1 Å². The highest BCUT2D eigenvalue weighted by Crippen LogP contribution is 2.19. The van der Waals surface area contributed by atoms with Gasteiger partial charge in [0.15, 0.2) is 0 Å². The van der Waals surface area contributed by atoms with Crippen molar-refractivity contribution >= 4 is 23.4 Å². The highest BCUT2D eigenvalue weighted by Gasteiger charge is 2.11. The Bertz CT molecular complexity index is 863. The monoisotopic (exact) mass is 353 g/mol. The van der Waals surface area contributed by atoms with Crippen LogP contribution >= 0.6 is 11.8 Å². The first-order valence-corrected chi connectivity index (χ1v) is 8.91. The summed E-state index contributed by atoms with van der Waals surface area (Å²) in [6.07, 6.45) is 0. The highest BCUT2D eigenvalue weighted by molar-refractivity contribution is 7.99. The molecule has 25 heavy (non-hydrogen) atoms. The number of hydrogen-bond acceptors (Lipinski definition) is 5. The molecule has 3 rings (SSSR count). The molecule has 6 nitrogen and oxygen atoms in total. The third-order valence-corrected chi connectivity index (χ3v) is 4.84. The summed E-state index contributed by atoms with van der Waals surface area (Å²) >= 11 is 1.33. The SMILES string of the molecule is Cc1cccc(NC(=O)CSc2nnnn2Cc2ccccc2)c1C. The van der Waals surface area contributed by atoms with Gasteiger partial charge in [-0.05, 0) is 47.0 Å². The summed E-state index contributed by atoms with van der Waals surface area (Å²) < 4.78 is 1.70. The van der Waals surface area contributed by atoms with E-state index in [2.05, 4.69) is 20.8 Å². The third-order valence-electron chi connectivity index (χ3n) is 3.89.